The first-order valence-electron chi connectivity index (χ1n) is 6.27. The highest BCUT2D eigenvalue weighted by atomic mass is 19.4. The van der Waals surface area contributed by atoms with Crippen LogP contribution in [0.5, 0.6) is 0 Å². The zero-order chi connectivity index (χ0) is 13.8. The molecule has 18 heavy (non-hydrogen) atoms. The molecule has 0 heterocycles. The SMILES string of the molecule is CCOC1CC(NCCOCC(F)(F)F)C1(C)C. The highest BCUT2D eigenvalue weighted by Gasteiger charge is 2.48. The molecule has 1 fully saturated rings. The molecule has 0 spiro atoms. The van der Waals surface area contributed by atoms with Gasteiger partial charge in [0.25, 0.3) is 0 Å². The molecule has 2 atom stereocenters. The van der Waals surface area contributed by atoms with Gasteiger partial charge in [-0.1, -0.05) is 13.8 Å². The van der Waals surface area contributed by atoms with Gasteiger partial charge in [-0.15, -0.1) is 0 Å². The Bertz CT molecular complexity index is 256. The molecule has 0 amide bonds. The van der Waals surface area contributed by atoms with E-state index in [4.69, 9.17) is 4.74 Å². The first kappa shape index (κ1) is 15.7. The minimum absolute atomic E-state index is 0.0278. The molecule has 0 bridgehead atoms. The summed E-state index contributed by atoms with van der Waals surface area (Å²) in [5.41, 5.74) is 0.0278. The molecule has 3 nitrogen and oxygen atoms in total. The van der Waals surface area contributed by atoms with Gasteiger partial charge in [0.2, 0.25) is 0 Å². The van der Waals surface area contributed by atoms with Gasteiger partial charge in [-0.3, -0.25) is 0 Å². The molecule has 1 aliphatic rings. The van der Waals surface area contributed by atoms with Crippen molar-refractivity contribution >= 4 is 0 Å². The van der Waals surface area contributed by atoms with E-state index in [-0.39, 0.29) is 24.2 Å². The van der Waals surface area contributed by atoms with Gasteiger partial charge >= 0.3 is 6.18 Å². The Hall–Kier alpha value is -0.330. The van der Waals surface area contributed by atoms with Gasteiger partial charge in [-0.25, -0.2) is 0 Å². The lowest BCUT2D eigenvalue weighted by Gasteiger charge is -2.52. The summed E-state index contributed by atoms with van der Waals surface area (Å²) in [6.07, 6.45) is -3.10. The number of hydrogen-bond donors (Lipinski definition) is 1. The summed E-state index contributed by atoms with van der Waals surface area (Å²) in [6.45, 7) is 6.19. The lowest BCUT2D eigenvalue weighted by Crippen LogP contribution is -2.61. The fraction of sp³-hybridized carbons (Fsp3) is 1.00. The van der Waals surface area contributed by atoms with Gasteiger partial charge in [0.1, 0.15) is 6.61 Å². The average molecular weight is 269 g/mol. The van der Waals surface area contributed by atoms with E-state index in [0.717, 1.165) is 6.42 Å². The Morgan fingerprint density at radius 1 is 1.33 bits per heavy atom. The van der Waals surface area contributed by atoms with Crippen molar-refractivity contribution in [1.82, 2.24) is 5.32 Å². The number of nitrogens with one attached hydrogen (secondary N) is 1. The van der Waals surface area contributed by atoms with E-state index in [1.807, 2.05) is 6.92 Å². The van der Waals surface area contributed by atoms with E-state index in [2.05, 4.69) is 23.9 Å². The van der Waals surface area contributed by atoms with Crippen molar-refractivity contribution in [2.75, 3.05) is 26.4 Å². The second kappa shape index (κ2) is 6.21. The van der Waals surface area contributed by atoms with Crippen molar-refractivity contribution in [1.29, 1.82) is 0 Å². The molecular weight excluding hydrogens is 247 g/mol. The minimum atomic E-state index is -4.24. The normalized spacial score (nSPS) is 27.0. The van der Waals surface area contributed by atoms with E-state index in [9.17, 15) is 13.2 Å². The Balaban J connectivity index is 2.11. The molecule has 1 aliphatic carbocycles. The van der Waals surface area contributed by atoms with Gasteiger partial charge in [-0.05, 0) is 13.3 Å². The molecule has 108 valence electrons. The second-order valence-corrected chi connectivity index (χ2v) is 5.18. The zero-order valence-electron chi connectivity index (χ0n) is 11.1. The van der Waals surface area contributed by atoms with Crippen LogP contribution in [0.2, 0.25) is 0 Å². The van der Waals surface area contributed by atoms with Crippen molar-refractivity contribution in [3.05, 3.63) is 0 Å². The molecular formula is C12H22F3NO2. The van der Waals surface area contributed by atoms with Crippen LogP contribution in [0.3, 0.4) is 0 Å². The van der Waals surface area contributed by atoms with Crippen molar-refractivity contribution < 1.29 is 22.6 Å². The van der Waals surface area contributed by atoms with Crippen LogP contribution in [0.15, 0.2) is 0 Å². The third kappa shape index (κ3) is 4.40. The monoisotopic (exact) mass is 269 g/mol. The largest absolute Gasteiger partial charge is 0.411 e. The number of halogens is 3. The predicted molar refractivity (Wildman–Crippen MR) is 62.5 cm³/mol. The van der Waals surface area contributed by atoms with E-state index in [1.54, 1.807) is 0 Å². The lowest BCUT2D eigenvalue weighted by atomic mass is 9.64. The van der Waals surface area contributed by atoms with Crippen LogP contribution in [0, 0.1) is 5.41 Å². The number of alkyl halides is 3. The zero-order valence-corrected chi connectivity index (χ0v) is 11.1. The Kier molecular flexibility index (Phi) is 5.43. The van der Waals surface area contributed by atoms with Gasteiger partial charge < -0.3 is 14.8 Å². The van der Waals surface area contributed by atoms with Gasteiger partial charge in [0.15, 0.2) is 0 Å². The molecule has 6 heteroatoms. The van der Waals surface area contributed by atoms with E-state index < -0.39 is 12.8 Å². The molecule has 0 saturated heterocycles. The van der Waals surface area contributed by atoms with Gasteiger partial charge in [0.05, 0.1) is 12.7 Å². The van der Waals surface area contributed by atoms with Gasteiger partial charge in [-0.2, -0.15) is 13.2 Å². The molecule has 1 saturated carbocycles. The molecule has 1 rings (SSSR count). The summed E-state index contributed by atoms with van der Waals surface area (Å²) in [5.74, 6) is 0. The number of hydrogen-bond acceptors (Lipinski definition) is 3. The van der Waals surface area contributed by atoms with E-state index in [0.29, 0.717) is 13.2 Å². The van der Waals surface area contributed by atoms with E-state index >= 15 is 0 Å². The Morgan fingerprint density at radius 2 is 2.00 bits per heavy atom. The number of ether oxygens (including phenoxy) is 2. The predicted octanol–water partition coefficient (Wildman–Crippen LogP) is 2.36. The molecule has 0 aromatic heterocycles. The summed E-state index contributed by atoms with van der Waals surface area (Å²) >= 11 is 0. The molecule has 1 N–H and O–H groups in total. The van der Waals surface area contributed by atoms with Crippen molar-refractivity contribution in [2.24, 2.45) is 5.41 Å². The standard InChI is InChI=1S/C12H22F3NO2/c1-4-18-10-7-9(11(10,2)3)16-5-6-17-8-12(13,14)15/h9-10,16H,4-8H2,1-3H3. The minimum Gasteiger partial charge on any atom is -0.378 e. The Morgan fingerprint density at radius 3 is 2.50 bits per heavy atom. The highest BCUT2D eigenvalue weighted by Crippen LogP contribution is 2.42. The van der Waals surface area contributed by atoms with Crippen molar-refractivity contribution in [3.8, 4) is 0 Å². The third-order valence-corrected chi connectivity index (χ3v) is 3.45. The maximum absolute atomic E-state index is 11.8. The third-order valence-electron chi connectivity index (χ3n) is 3.45. The smallest absolute Gasteiger partial charge is 0.378 e. The molecule has 0 aliphatic heterocycles. The lowest BCUT2D eigenvalue weighted by molar-refractivity contribution is -0.174. The summed E-state index contributed by atoms with van der Waals surface area (Å²) < 4.78 is 45.6. The Labute approximate surface area is 106 Å². The summed E-state index contributed by atoms with van der Waals surface area (Å²) in [6, 6.07) is 0.281. The average Bonchev–Trinajstić information content (AvgIpc) is 2.24. The molecule has 0 aromatic carbocycles. The summed E-state index contributed by atoms with van der Waals surface area (Å²) in [5, 5.41) is 3.21. The van der Waals surface area contributed by atoms with Gasteiger partial charge in [0, 0.05) is 24.6 Å². The van der Waals surface area contributed by atoms with Crippen LogP contribution >= 0.6 is 0 Å². The van der Waals surface area contributed by atoms with Crippen LogP contribution in [0.4, 0.5) is 13.2 Å². The topological polar surface area (TPSA) is 30.5 Å². The van der Waals surface area contributed by atoms with Crippen LogP contribution < -0.4 is 5.32 Å². The quantitative estimate of drug-likeness (QED) is 0.720. The fourth-order valence-corrected chi connectivity index (χ4v) is 2.21. The van der Waals surface area contributed by atoms with Crippen LogP contribution in [0.1, 0.15) is 27.2 Å². The summed E-state index contributed by atoms with van der Waals surface area (Å²) in [7, 11) is 0. The molecule has 2 unspecified atom stereocenters. The molecule has 0 radical (unpaired) electrons. The maximum atomic E-state index is 11.8. The first-order chi connectivity index (χ1) is 8.27. The summed E-state index contributed by atoms with van der Waals surface area (Å²) in [4.78, 5) is 0. The second-order valence-electron chi connectivity index (χ2n) is 5.18. The fourth-order valence-electron chi connectivity index (χ4n) is 2.21. The van der Waals surface area contributed by atoms with Crippen LogP contribution in [-0.4, -0.2) is 44.7 Å². The van der Waals surface area contributed by atoms with Crippen LogP contribution in [0.25, 0.3) is 0 Å². The highest BCUT2D eigenvalue weighted by molar-refractivity contribution is 5.02. The maximum Gasteiger partial charge on any atom is 0.411 e. The van der Waals surface area contributed by atoms with E-state index in [1.165, 1.54) is 0 Å². The van der Waals surface area contributed by atoms with Crippen molar-refractivity contribution in [2.45, 2.75) is 45.5 Å². The number of rotatable bonds is 7. The van der Waals surface area contributed by atoms with Crippen LogP contribution in [-0.2, 0) is 9.47 Å². The van der Waals surface area contributed by atoms with Crippen molar-refractivity contribution in [3.63, 3.8) is 0 Å². The first-order valence-corrected chi connectivity index (χ1v) is 6.27. The molecule has 0 aromatic rings.